The lowest BCUT2D eigenvalue weighted by Crippen LogP contribution is -1.78. The maximum absolute atomic E-state index is 9.00. The normalized spacial score (nSPS) is 8.08. The molecule has 1 aromatic carbocycles. The van der Waals surface area contributed by atoms with Crippen molar-refractivity contribution in [2.45, 2.75) is 13.3 Å². The van der Waals surface area contributed by atoms with Crippen LogP contribution in [0.3, 0.4) is 0 Å². The van der Waals surface area contributed by atoms with Crippen molar-refractivity contribution in [2.75, 3.05) is 0 Å². The summed E-state index contributed by atoms with van der Waals surface area (Å²) in [5, 5.41) is 7.42. The molecule has 0 amide bonds. The van der Waals surface area contributed by atoms with Crippen LogP contribution >= 0.6 is 0 Å². The van der Waals surface area contributed by atoms with E-state index in [4.69, 9.17) is 9.90 Å². The number of hydrogen-bond donors (Lipinski definition) is 1. The molecule has 1 rings (SSSR count). The van der Waals surface area contributed by atoms with Gasteiger partial charge in [-0.25, -0.2) is 0 Å². The first-order chi connectivity index (χ1) is 6.16. The number of benzene rings is 1. The van der Waals surface area contributed by atoms with Gasteiger partial charge >= 0.3 is 0 Å². The highest BCUT2D eigenvalue weighted by Crippen LogP contribution is 1.98. The van der Waals surface area contributed by atoms with Gasteiger partial charge in [0.05, 0.1) is 0 Å². The third-order valence-corrected chi connectivity index (χ3v) is 1.22. The molecule has 0 atom stereocenters. The minimum Gasteiger partial charge on any atom is -0.481 e. The Hall–Kier alpha value is -1.57. The minimum absolute atomic E-state index is 0.833. The van der Waals surface area contributed by atoms with E-state index < -0.39 is 5.97 Å². The van der Waals surface area contributed by atoms with Crippen LogP contribution in [0, 0.1) is 0 Å². The highest BCUT2D eigenvalue weighted by molar-refractivity contribution is 5.62. The van der Waals surface area contributed by atoms with E-state index in [0.29, 0.717) is 0 Å². The average Bonchev–Trinajstić information content (AvgIpc) is 2.06. The van der Waals surface area contributed by atoms with Gasteiger partial charge in [0.25, 0.3) is 5.97 Å². The molecular weight excluding hydrogens is 164 g/mol. The summed E-state index contributed by atoms with van der Waals surface area (Å²) >= 11 is 0. The highest BCUT2D eigenvalue weighted by Gasteiger charge is 1.82. The van der Waals surface area contributed by atoms with E-state index in [2.05, 4.69) is 18.7 Å². The SMILES string of the molecule is C=CCc1ccccc1.CC(=O)O. The van der Waals surface area contributed by atoms with E-state index in [9.17, 15) is 0 Å². The smallest absolute Gasteiger partial charge is 0.300 e. The van der Waals surface area contributed by atoms with Gasteiger partial charge in [-0.15, -0.1) is 6.58 Å². The first-order valence-electron chi connectivity index (χ1n) is 4.01. The predicted octanol–water partition coefficient (Wildman–Crippen LogP) is 2.51. The molecule has 0 saturated heterocycles. The Morgan fingerprint density at radius 2 is 1.92 bits per heavy atom. The number of carboxylic acids is 1. The summed E-state index contributed by atoms with van der Waals surface area (Å²) in [6.45, 7) is 4.74. The Bertz CT molecular complexity index is 248. The first-order valence-corrected chi connectivity index (χ1v) is 4.01. The topological polar surface area (TPSA) is 37.3 Å². The predicted molar refractivity (Wildman–Crippen MR) is 53.7 cm³/mol. The van der Waals surface area contributed by atoms with Gasteiger partial charge in [-0.2, -0.15) is 0 Å². The number of allylic oxidation sites excluding steroid dienone is 1. The van der Waals surface area contributed by atoms with Gasteiger partial charge in [0.15, 0.2) is 0 Å². The van der Waals surface area contributed by atoms with Crippen molar-refractivity contribution >= 4 is 5.97 Å². The second-order valence-corrected chi connectivity index (χ2v) is 2.50. The summed E-state index contributed by atoms with van der Waals surface area (Å²) in [6, 6.07) is 10.3. The van der Waals surface area contributed by atoms with E-state index in [1.165, 1.54) is 5.56 Å². The molecule has 0 saturated carbocycles. The Kier molecular flexibility index (Phi) is 6.24. The van der Waals surface area contributed by atoms with Crippen LogP contribution in [0.1, 0.15) is 12.5 Å². The maximum Gasteiger partial charge on any atom is 0.300 e. The third kappa shape index (κ3) is 8.34. The number of aliphatic carboxylic acids is 1. The van der Waals surface area contributed by atoms with Gasteiger partial charge in [-0.1, -0.05) is 36.4 Å². The number of hydrogen-bond acceptors (Lipinski definition) is 1. The Morgan fingerprint density at radius 3 is 2.31 bits per heavy atom. The summed E-state index contributed by atoms with van der Waals surface area (Å²) in [6.07, 6.45) is 2.89. The van der Waals surface area contributed by atoms with E-state index in [1.54, 1.807) is 0 Å². The lowest BCUT2D eigenvalue weighted by Gasteiger charge is -1.91. The molecule has 0 aromatic heterocycles. The lowest BCUT2D eigenvalue weighted by atomic mass is 10.2. The van der Waals surface area contributed by atoms with Crippen LogP contribution in [0.2, 0.25) is 0 Å². The molecule has 0 aliphatic carbocycles. The minimum atomic E-state index is -0.833. The number of carboxylic acid groups (broad SMARTS) is 1. The summed E-state index contributed by atoms with van der Waals surface area (Å²) in [5.74, 6) is -0.833. The number of carbonyl (C=O) groups is 1. The van der Waals surface area contributed by atoms with Crippen LogP contribution in [0.25, 0.3) is 0 Å². The number of rotatable bonds is 2. The Balaban J connectivity index is 0.000000310. The van der Waals surface area contributed by atoms with E-state index in [-0.39, 0.29) is 0 Å². The molecule has 0 heterocycles. The van der Waals surface area contributed by atoms with E-state index in [0.717, 1.165) is 13.3 Å². The van der Waals surface area contributed by atoms with Crippen molar-refractivity contribution < 1.29 is 9.90 Å². The summed E-state index contributed by atoms with van der Waals surface area (Å²) < 4.78 is 0. The molecule has 0 aliphatic heterocycles. The van der Waals surface area contributed by atoms with Crippen LogP contribution in [0.5, 0.6) is 0 Å². The van der Waals surface area contributed by atoms with Gasteiger partial charge in [-0.3, -0.25) is 4.79 Å². The van der Waals surface area contributed by atoms with Crippen LogP contribution in [-0.2, 0) is 11.2 Å². The molecule has 0 fully saturated rings. The molecule has 0 bridgehead atoms. The molecule has 0 aliphatic rings. The Morgan fingerprint density at radius 1 is 1.46 bits per heavy atom. The molecule has 13 heavy (non-hydrogen) atoms. The van der Waals surface area contributed by atoms with Crippen molar-refractivity contribution in [3.63, 3.8) is 0 Å². The monoisotopic (exact) mass is 178 g/mol. The fourth-order valence-electron chi connectivity index (χ4n) is 0.781. The summed E-state index contributed by atoms with van der Waals surface area (Å²) in [5.41, 5.74) is 1.33. The van der Waals surface area contributed by atoms with Crippen LogP contribution in [-0.4, -0.2) is 11.1 Å². The van der Waals surface area contributed by atoms with Gasteiger partial charge < -0.3 is 5.11 Å². The molecule has 70 valence electrons. The Labute approximate surface area is 78.5 Å². The van der Waals surface area contributed by atoms with Crippen LogP contribution in [0.15, 0.2) is 43.0 Å². The van der Waals surface area contributed by atoms with Crippen molar-refractivity contribution in [3.8, 4) is 0 Å². The maximum atomic E-state index is 9.00. The van der Waals surface area contributed by atoms with Crippen LogP contribution < -0.4 is 0 Å². The van der Waals surface area contributed by atoms with Gasteiger partial charge in [0, 0.05) is 6.92 Å². The van der Waals surface area contributed by atoms with Crippen LogP contribution in [0.4, 0.5) is 0 Å². The van der Waals surface area contributed by atoms with Gasteiger partial charge in [0.1, 0.15) is 0 Å². The average molecular weight is 178 g/mol. The zero-order chi connectivity index (χ0) is 10.1. The van der Waals surface area contributed by atoms with Gasteiger partial charge in [0.2, 0.25) is 0 Å². The summed E-state index contributed by atoms with van der Waals surface area (Å²) in [4.78, 5) is 9.00. The molecule has 0 radical (unpaired) electrons. The fraction of sp³-hybridized carbons (Fsp3) is 0.182. The van der Waals surface area contributed by atoms with E-state index in [1.807, 2.05) is 24.3 Å². The summed E-state index contributed by atoms with van der Waals surface area (Å²) in [7, 11) is 0. The second kappa shape index (κ2) is 7.10. The third-order valence-electron chi connectivity index (χ3n) is 1.22. The van der Waals surface area contributed by atoms with Crippen molar-refractivity contribution in [2.24, 2.45) is 0 Å². The van der Waals surface area contributed by atoms with Gasteiger partial charge in [-0.05, 0) is 12.0 Å². The quantitative estimate of drug-likeness (QED) is 0.706. The molecule has 0 unspecified atom stereocenters. The molecule has 2 nitrogen and oxygen atoms in total. The largest absolute Gasteiger partial charge is 0.481 e. The molecular formula is C11H14O2. The zero-order valence-electron chi connectivity index (χ0n) is 7.73. The fourth-order valence-corrected chi connectivity index (χ4v) is 0.781. The van der Waals surface area contributed by atoms with Crippen molar-refractivity contribution in [3.05, 3.63) is 48.6 Å². The lowest BCUT2D eigenvalue weighted by molar-refractivity contribution is -0.134. The van der Waals surface area contributed by atoms with Crippen molar-refractivity contribution in [1.82, 2.24) is 0 Å². The molecule has 1 N–H and O–H groups in total. The standard InChI is InChI=1S/C9H10.C2H4O2/c1-2-6-9-7-4-3-5-8-9;1-2(3)4/h2-5,7-8H,1,6H2;1H3,(H,3,4). The second-order valence-electron chi connectivity index (χ2n) is 2.50. The molecule has 2 heteroatoms. The highest BCUT2D eigenvalue weighted by atomic mass is 16.4. The zero-order valence-corrected chi connectivity index (χ0v) is 7.73. The van der Waals surface area contributed by atoms with Crippen molar-refractivity contribution in [1.29, 1.82) is 0 Å². The molecule has 1 aromatic rings. The van der Waals surface area contributed by atoms with E-state index >= 15 is 0 Å². The molecule has 0 spiro atoms. The first kappa shape index (κ1) is 11.4.